The Morgan fingerprint density at radius 2 is 1.96 bits per heavy atom. The average molecular weight is 331 g/mol. The van der Waals surface area contributed by atoms with Gasteiger partial charge >= 0.3 is 0 Å². The van der Waals surface area contributed by atoms with Crippen LogP contribution in [0.2, 0.25) is 0 Å². The summed E-state index contributed by atoms with van der Waals surface area (Å²) in [6.45, 7) is 0. The summed E-state index contributed by atoms with van der Waals surface area (Å²) in [5, 5.41) is 10.7. The molecule has 0 aliphatic rings. The third-order valence-corrected chi connectivity index (χ3v) is 4.13. The lowest BCUT2D eigenvalue weighted by atomic mass is 10.2. The van der Waals surface area contributed by atoms with Gasteiger partial charge in [0.1, 0.15) is 11.7 Å². The van der Waals surface area contributed by atoms with Crippen molar-refractivity contribution in [3.05, 3.63) is 54.2 Å². The van der Waals surface area contributed by atoms with E-state index < -0.39 is 9.84 Å². The fraction of sp³-hybridized carbons (Fsp3) is 0.0667. The van der Waals surface area contributed by atoms with Crippen molar-refractivity contribution in [2.24, 2.45) is 5.73 Å². The molecule has 6 N–H and O–H groups in total. The number of nitrogen functional groups attached to an aromatic ring is 1. The zero-order valence-electron chi connectivity index (χ0n) is 12.4. The van der Waals surface area contributed by atoms with E-state index in [9.17, 15) is 8.42 Å². The highest BCUT2D eigenvalue weighted by molar-refractivity contribution is 7.90. The summed E-state index contributed by atoms with van der Waals surface area (Å²) in [5.41, 5.74) is 12.7. The number of nitrogens with one attached hydrogen (secondary N) is 2. The summed E-state index contributed by atoms with van der Waals surface area (Å²) in [6.07, 6.45) is 3.99. The van der Waals surface area contributed by atoms with Crippen LogP contribution in [0.5, 0.6) is 0 Å². The minimum atomic E-state index is -3.40. The van der Waals surface area contributed by atoms with Crippen LogP contribution in [0.3, 0.4) is 0 Å². The van der Waals surface area contributed by atoms with Crippen LogP contribution in [-0.4, -0.2) is 25.5 Å². The molecule has 0 bridgehead atoms. The first kappa shape index (κ1) is 16.5. The van der Waals surface area contributed by atoms with Crippen molar-refractivity contribution in [2.75, 3.05) is 17.3 Å². The van der Waals surface area contributed by atoms with Gasteiger partial charge in [0.05, 0.1) is 10.6 Å². The maximum atomic E-state index is 11.7. The molecule has 1 aromatic carbocycles. The van der Waals surface area contributed by atoms with E-state index in [1.54, 1.807) is 30.3 Å². The Labute approximate surface area is 134 Å². The van der Waals surface area contributed by atoms with Crippen LogP contribution in [-0.2, 0) is 9.84 Å². The summed E-state index contributed by atoms with van der Waals surface area (Å²) in [5.74, 6) is 0.326. The molecule has 7 nitrogen and oxygen atoms in total. The number of aromatic nitrogens is 1. The molecule has 120 valence electrons. The molecule has 0 spiro atoms. The van der Waals surface area contributed by atoms with Gasteiger partial charge in [-0.3, -0.25) is 5.41 Å². The molecule has 0 saturated heterocycles. The van der Waals surface area contributed by atoms with Crippen molar-refractivity contribution in [1.82, 2.24) is 4.98 Å². The predicted octanol–water partition coefficient (Wildman–Crippen LogP) is 1.46. The Morgan fingerprint density at radius 3 is 2.57 bits per heavy atom. The molecule has 0 saturated carbocycles. The molecule has 0 aliphatic carbocycles. The largest absolute Gasteiger partial charge is 0.398 e. The first-order chi connectivity index (χ1) is 10.8. The van der Waals surface area contributed by atoms with Crippen LogP contribution in [0.4, 0.5) is 11.5 Å². The van der Waals surface area contributed by atoms with Gasteiger partial charge in [-0.25, -0.2) is 13.4 Å². The number of hydrogen-bond donors (Lipinski definition) is 4. The zero-order chi connectivity index (χ0) is 17.0. The highest BCUT2D eigenvalue weighted by atomic mass is 32.2. The number of nitrogens with zero attached hydrogens (tertiary/aromatic N) is 1. The number of nitrogens with two attached hydrogens (primary N) is 2. The van der Waals surface area contributed by atoms with Crippen molar-refractivity contribution < 1.29 is 8.42 Å². The van der Waals surface area contributed by atoms with Gasteiger partial charge in [0.15, 0.2) is 9.84 Å². The normalized spacial score (nSPS) is 12.0. The topological polar surface area (TPSA) is 135 Å². The fourth-order valence-corrected chi connectivity index (χ4v) is 2.73. The second-order valence-electron chi connectivity index (χ2n) is 4.88. The third-order valence-electron chi connectivity index (χ3n) is 2.98. The van der Waals surface area contributed by atoms with Crippen LogP contribution in [0, 0.1) is 5.41 Å². The number of amidine groups is 1. The van der Waals surface area contributed by atoms with E-state index in [-0.39, 0.29) is 10.7 Å². The van der Waals surface area contributed by atoms with E-state index in [0.29, 0.717) is 22.8 Å². The van der Waals surface area contributed by atoms with E-state index in [4.69, 9.17) is 16.9 Å². The molecule has 8 heteroatoms. The summed E-state index contributed by atoms with van der Waals surface area (Å²) in [6, 6.07) is 9.65. The molecule has 0 radical (unpaired) electrons. The van der Waals surface area contributed by atoms with Gasteiger partial charge in [-0.05, 0) is 24.3 Å². The number of benzene rings is 1. The molecule has 0 fully saturated rings. The zero-order valence-corrected chi connectivity index (χ0v) is 13.3. The molecule has 0 unspecified atom stereocenters. The maximum absolute atomic E-state index is 11.7. The smallest absolute Gasteiger partial charge is 0.177 e. The van der Waals surface area contributed by atoms with E-state index in [2.05, 4.69) is 10.3 Å². The predicted molar refractivity (Wildman–Crippen MR) is 91.7 cm³/mol. The molecule has 0 aliphatic heterocycles. The Hall–Kier alpha value is -2.87. The molecular formula is C15H17N5O2S. The number of anilines is 2. The summed E-state index contributed by atoms with van der Waals surface area (Å²) in [7, 11) is -3.40. The number of rotatable bonds is 4. The minimum absolute atomic E-state index is 0.0459. The SMILES string of the molecule is CS(=O)(=O)c1ccccc1NC(=N)/C=C(\N)c1ccc(N)nc1. The van der Waals surface area contributed by atoms with Gasteiger partial charge in [-0.1, -0.05) is 12.1 Å². The highest BCUT2D eigenvalue weighted by Crippen LogP contribution is 2.20. The standard InChI is InChI=1S/C15H17N5O2S/c1-23(21,22)13-5-3-2-4-12(13)20-15(18)8-11(16)10-6-7-14(17)19-9-10/h2-9H,16H2,1H3,(H2,17,19)(H2,18,20)/b11-8-. The number of hydrogen-bond acceptors (Lipinski definition) is 6. The molecule has 1 heterocycles. The lowest BCUT2D eigenvalue weighted by Gasteiger charge is -2.10. The fourth-order valence-electron chi connectivity index (χ4n) is 1.89. The van der Waals surface area contributed by atoms with Crippen molar-refractivity contribution >= 4 is 32.9 Å². The summed E-state index contributed by atoms with van der Waals surface area (Å²) in [4.78, 5) is 4.04. The summed E-state index contributed by atoms with van der Waals surface area (Å²) < 4.78 is 23.5. The number of pyridine rings is 1. The van der Waals surface area contributed by atoms with Gasteiger partial charge in [0.25, 0.3) is 0 Å². The van der Waals surface area contributed by atoms with Gasteiger partial charge in [-0.15, -0.1) is 0 Å². The third kappa shape index (κ3) is 4.30. The first-order valence-corrected chi connectivity index (χ1v) is 8.50. The molecule has 23 heavy (non-hydrogen) atoms. The number of sulfone groups is 1. The molecule has 0 amide bonds. The summed E-state index contributed by atoms with van der Waals surface area (Å²) >= 11 is 0. The first-order valence-electron chi connectivity index (χ1n) is 6.61. The van der Waals surface area contributed by atoms with Crippen LogP contribution in [0.25, 0.3) is 5.70 Å². The van der Waals surface area contributed by atoms with Gasteiger partial charge in [0.2, 0.25) is 0 Å². The van der Waals surface area contributed by atoms with Crippen LogP contribution in [0.15, 0.2) is 53.6 Å². The maximum Gasteiger partial charge on any atom is 0.177 e. The van der Waals surface area contributed by atoms with E-state index in [1.165, 1.54) is 18.3 Å². The lowest BCUT2D eigenvalue weighted by molar-refractivity contribution is 0.602. The Kier molecular flexibility index (Phi) is 4.65. The second-order valence-corrected chi connectivity index (χ2v) is 6.86. The van der Waals surface area contributed by atoms with Crippen molar-refractivity contribution in [3.8, 4) is 0 Å². The molecule has 2 rings (SSSR count). The molecule has 1 aromatic heterocycles. The van der Waals surface area contributed by atoms with Crippen molar-refractivity contribution in [2.45, 2.75) is 4.90 Å². The molecule has 0 atom stereocenters. The molecule has 2 aromatic rings. The monoisotopic (exact) mass is 331 g/mol. The van der Waals surface area contributed by atoms with Gasteiger partial charge in [0, 0.05) is 29.8 Å². The second kappa shape index (κ2) is 6.49. The minimum Gasteiger partial charge on any atom is -0.398 e. The Bertz CT molecular complexity index is 858. The van der Waals surface area contributed by atoms with Gasteiger partial charge < -0.3 is 16.8 Å². The lowest BCUT2D eigenvalue weighted by Crippen LogP contribution is -2.13. The van der Waals surface area contributed by atoms with Crippen LogP contribution < -0.4 is 16.8 Å². The van der Waals surface area contributed by atoms with Crippen molar-refractivity contribution in [3.63, 3.8) is 0 Å². The van der Waals surface area contributed by atoms with Crippen LogP contribution >= 0.6 is 0 Å². The highest BCUT2D eigenvalue weighted by Gasteiger charge is 2.13. The van der Waals surface area contributed by atoms with Crippen molar-refractivity contribution in [1.29, 1.82) is 5.41 Å². The molecular weight excluding hydrogens is 314 g/mol. The van der Waals surface area contributed by atoms with Crippen LogP contribution in [0.1, 0.15) is 5.56 Å². The Morgan fingerprint density at radius 1 is 1.26 bits per heavy atom. The van der Waals surface area contributed by atoms with E-state index in [0.717, 1.165) is 6.26 Å². The Balaban J connectivity index is 2.23. The quantitative estimate of drug-likeness (QED) is 0.495. The average Bonchev–Trinajstić information content (AvgIpc) is 2.47. The number of para-hydroxylation sites is 1. The van der Waals surface area contributed by atoms with Gasteiger partial charge in [-0.2, -0.15) is 0 Å². The van der Waals surface area contributed by atoms with E-state index in [1.807, 2.05) is 0 Å². The van der Waals surface area contributed by atoms with E-state index >= 15 is 0 Å².